The number of hydrogen-bond acceptors (Lipinski definition) is 5. The topological polar surface area (TPSA) is 40.6 Å². The Morgan fingerprint density at radius 2 is 1.67 bits per heavy atom. The molecule has 4 nitrogen and oxygen atoms in total. The Kier molecular flexibility index (Phi) is 6.14. The third-order valence-electron chi connectivity index (χ3n) is 4.14. The Morgan fingerprint density at radius 3 is 2.26 bits per heavy atom. The predicted molar refractivity (Wildman–Crippen MR) is 111 cm³/mol. The second kappa shape index (κ2) is 8.73. The molecule has 5 heteroatoms. The number of allylic oxidation sites excluding steroid dienone is 1. The number of hydrogen-bond donors (Lipinski definition) is 0. The first-order valence-electron chi connectivity index (χ1n) is 8.61. The summed E-state index contributed by atoms with van der Waals surface area (Å²) in [5.74, 6) is 1.94. The quantitative estimate of drug-likeness (QED) is 0.543. The Balaban J connectivity index is 1.81. The average Bonchev–Trinajstić information content (AvgIpc) is 3.16. The Bertz CT molecular complexity index is 907. The molecule has 0 amide bonds. The number of aromatic nitrogens is 1. The van der Waals surface area contributed by atoms with E-state index in [1.807, 2.05) is 30.3 Å². The Hall–Kier alpha value is -2.79. The molecule has 0 atom stereocenters. The zero-order valence-electron chi connectivity index (χ0n) is 16.0. The van der Waals surface area contributed by atoms with E-state index in [9.17, 15) is 0 Å². The van der Waals surface area contributed by atoms with Gasteiger partial charge < -0.3 is 14.2 Å². The van der Waals surface area contributed by atoms with E-state index in [0.717, 1.165) is 28.2 Å². The molecule has 3 aromatic rings. The van der Waals surface area contributed by atoms with Crippen molar-refractivity contribution in [3.63, 3.8) is 0 Å². The number of ether oxygens (including phenoxy) is 3. The summed E-state index contributed by atoms with van der Waals surface area (Å²) in [6.45, 7) is 2.10. The maximum Gasteiger partial charge on any atom is 0.203 e. The average molecular weight is 381 g/mol. The van der Waals surface area contributed by atoms with Crippen LogP contribution in [-0.2, 0) is 6.42 Å². The van der Waals surface area contributed by atoms with Gasteiger partial charge in [0.2, 0.25) is 5.75 Å². The van der Waals surface area contributed by atoms with Gasteiger partial charge in [0.1, 0.15) is 5.01 Å². The second-order valence-corrected chi connectivity index (χ2v) is 7.00. The highest BCUT2D eigenvalue weighted by molar-refractivity contribution is 7.13. The molecule has 0 radical (unpaired) electrons. The zero-order valence-corrected chi connectivity index (χ0v) is 16.8. The van der Waals surface area contributed by atoms with E-state index in [0.29, 0.717) is 17.2 Å². The van der Waals surface area contributed by atoms with Crippen LogP contribution in [0, 0.1) is 0 Å². The number of rotatable bonds is 7. The van der Waals surface area contributed by atoms with Gasteiger partial charge in [-0.15, -0.1) is 11.3 Å². The molecular weight excluding hydrogens is 358 g/mol. The van der Waals surface area contributed by atoms with Crippen LogP contribution >= 0.6 is 11.3 Å². The molecule has 1 heterocycles. The molecule has 0 aliphatic heterocycles. The highest BCUT2D eigenvalue weighted by Crippen LogP contribution is 2.38. The van der Waals surface area contributed by atoms with Crippen LogP contribution in [0.2, 0.25) is 0 Å². The third-order valence-corrected chi connectivity index (χ3v) is 5.05. The maximum atomic E-state index is 5.44. The minimum absolute atomic E-state index is 0.609. The number of benzene rings is 2. The first-order valence-corrected chi connectivity index (χ1v) is 9.49. The van der Waals surface area contributed by atoms with E-state index in [2.05, 4.69) is 30.5 Å². The molecule has 140 valence electrons. The summed E-state index contributed by atoms with van der Waals surface area (Å²) in [5, 5.41) is 3.11. The second-order valence-electron chi connectivity index (χ2n) is 6.14. The molecular formula is C22H23NO3S. The van der Waals surface area contributed by atoms with Crippen LogP contribution in [0.4, 0.5) is 0 Å². The molecule has 0 aliphatic carbocycles. The van der Waals surface area contributed by atoms with E-state index < -0.39 is 0 Å². The van der Waals surface area contributed by atoms with Crippen LogP contribution in [0.25, 0.3) is 16.6 Å². The monoisotopic (exact) mass is 381 g/mol. The summed E-state index contributed by atoms with van der Waals surface area (Å²) in [5.41, 5.74) is 4.42. The first-order chi connectivity index (χ1) is 13.1. The van der Waals surface area contributed by atoms with E-state index in [1.165, 1.54) is 5.57 Å². The fourth-order valence-corrected chi connectivity index (χ4v) is 3.71. The van der Waals surface area contributed by atoms with Crippen molar-refractivity contribution in [2.24, 2.45) is 0 Å². The van der Waals surface area contributed by atoms with Crippen molar-refractivity contribution < 1.29 is 14.2 Å². The van der Waals surface area contributed by atoms with Crippen LogP contribution in [0.3, 0.4) is 0 Å². The third kappa shape index (κ3) is 4.49. The molecule has 0 saturated heterocycles. The van der Waals surface area contributed by atoms with E-state index in [1.54, 1.807) is 32.7 Å². The molecule has 0 spiro atoms. The summed E-state index contributed by atoms with van der Waals surface area (Å²) in [6.07, 6.45) is 2.89. The summed E-state index contributed by atoms with van der Waals surface area (Å²) >= 11 is 1.66. The fourth-order valence-electron chi connectivity index (χ4n) is 2.93. The van der Waals surface area contributed by atoms with E-state index in [4.69, 9.17) is 19.2 Å². The van der Waals surface area contributed by atoms with Gasteiger partial charge in [-0.05, 0) is 37.1 Å². The SMILES string of the molecule is COc1cc(CC(C)=Cc2csc(-c3ccccc3)n2)cc(OC)c1OC. The van der Waals surface area contributed by atoms with Crippen molar-refractivity contribution in [2.45, 2.75) is 13.3 Å². The maximum absolute atomic E-state index is 5.44. The Morgan fingerprint density at radius 1 is 1.00 bits per heavy atom. The van der Waals surface area contributed by atoms with Gasteiger partial charge in [-0.1, -0.05) is 35.9 Å². The van der Waals surface area contributed by atoms with Crippen LogP contribution in [-0.4, -0.2) is 26.3 Å². The van der Waals surface area contributed by atoms with Gasteiger partial charge in [-0.3, -0.25) is 0 Å². The summed E-state index contributed by atoms with van der Waals surface area (Å²) < 4.78 is 16.3. The smallest absolute Gasteiger partial charge is 0.203 e. The van der Waals surface area contributed by atoms with Gasteiger partial charge >= 0.3 is 0 Å². The molecule has 0 fully saturated rings. The number of thiazole rings is 1. The van der Waals surface area contributed by atoms with Crippen molar-refractivity contribution in [3.8, 4) is 27.8 Å². The summed E-state index contributed by atoms with van der Waals surface area (Å²) in [4.78, 5) is 4.73. The van der Waals surface area contributed by atoms with E-state index in [-0.39, 0.29) is 0 Å². The molecule has 27 heavy (non-hydrogen) atoms. The molecule has 0 bridgehead atoms. The number of nitrogens with zero attached hydrogens (tertiary/aromatic N) is 1. The molecule has 0 unspecified atom stereocenters. The number of methoxy groups -OCH3 is 3. The molecule has 2 aromatic carbocycles. The minimum atomic E-state index is 0.609. The van der Waals surface area contributed by atoms with Crippen LogP contribution in [0.5, 0.6) is 17.2 Å². The van der Waals surface area contributed by atoms with Gasteiger partial charge in [0, 0.05) is 10.9 Å². The van der Waals surface area contributed by atoms with Crippen molar-refractivity contribution in [2.75, 3.05) is 21.3 Å². The Labute approximate surface area is 164 Å². The lowest BCUT2D eigenvalue weighted by Gasteiger charge is -2.14. The fraction of sp³-hybridized carbons (Fsp3) is 0.227. The van der Waals surface area contributed by atoms with Crippen LogP contribution in [0.15, 0.2) is 53.4 Å². The largest absolute Gasteiger partial charge is 0.493 e. The predicted octanol–water partition coefficient (Wildman–Crippen LogP) is 5.48. The highest BCUT2D eigenvalue weighted by atomic mass is 32.1. The summed E-state index contributed by atoms with van der Waals surface area (Å²) in [6, 6.07) is 14.2. The summed E-state index contributed by atoms with van der Waals surface area (Å²) in [7, 11) is 4.87. The molecule has 1 aromatic heterocycles. The molecule has 0 N–H and O–H groups in total. The van der Waals surface area contributed by atoms with Crippen LogP contribution < -0.4 is 14.2 Å². The minimum Gasteiger partial charge on any atom is -0.493 e. The molecule has 0 aliphatic rings. The van der Waals surface area contributed by atoms with Gasteiger partial charge in [0.25, 0.3) is 0 Å². The van der Waals surface area contributed by atoms with Gasteiger partial charge in [0.05, 0.1) is 27.0 Å². The van der Waals surface area contributed by atoms with Crippen molar-refractivity contribution in [1.82, 2.24) is 4.98 Å². The lowest BCUT2D eigenvalue weighted by molar-refractivity contribution is 0.324. The lowest BCUT2D eigenvalue weighted by Crippen LogP contribution is -1.97. The standard InChI is InChI=1S/C22H23NO3S/c1-15(10-16-12-19(24-2)21(26-4)20(13-16)25-3)11-18-14-27-22(23-18)17-8-6-5-7-9-17/h5-9,11-14H,10H2,1-4H3. The van der Waals surface area contributed by atoms with E-state index >= 15 is 0 Å². The van der Waals surface area contributed by atoms with Gasteiger partial charge in [0.15, 0.2) is 11.5 Å². The lowest BCUT2D eigenvalue weighted by atomic mass is 10.0. The zero-order chi connectivity index (χ0) is 19.2. The molecule has 3 rings (SSSR count). The van der Waals surface area contributed by atoms with Crippen molar-refractivity contribution in [1.29, 1.82) is 0 Å². The van der Waals surface area contributed by atoms with Gasteiger partial charge in [-0.2, -0.15) is 0 Å². The van der Waals surface area contributed by atoms with Crippen molar-refractivity contribution in [3.05, 3.63) is 64.7 Å². The normalized spacial score (nSPS) is 11.3. The van der Waals surface area contributed by atoms with Gasteiger partial charge in [-0.25, -0.2) is 4.98 Å². The van der Waals surface area contributed by atoms with Crippen LogP contribution in [0.1, 0.15) is 18.2 Å². The molecule has 0 saturated carbocycles. The highest BCUT2D eigenvalue weighted by Gasteiger charge is 2.13. The first kappa shape index (κ1) is 19.0. The van der Waals surface area contributed by atoms with Crippen molar-refractivity contribution >= 4 is 17.4 Å².